The fraction of sp³-hybridized carbons (Fsp3) is 0.176. The molecule has 0 radical (unpaired) electrons. The Bertz CT molecular complexity index is 1050. The summed E-state index contributed by atoms with van der Waals surface area (Å²) in [7, 11) is -3.77. The molecule has 0 bridgehead atoms. The van der Waals surface area contributed by atoms with Crippen molar-refractivity contribution in [2.24, 2.45) is 0 Å². The number of nitrogens with zero attached hydrogens (tertiary/aromatic N) is 2. The lowest BCUT2D eigenvalue weighted by atomic mass is 10.1. The quantitative estimate of drug-likeness (QED) is 0.711. The Labute approximate surface area is 143 Å². The van der Waals surface area contributed by atoms with Gasteiger partial charge in [0.05, 0.1) is 11.5 Å². The first-order valence-corrected chi connectivity index (χ1v) is 9.23. The summed E-state index contributed by atoms with van der Waals surface area (Å²) >= 11 is 0. The lowest BCUT2D eigenvalue weighted by Crippen LogP contribution is -2.05. The second-order valence-corrected chi connectivity index (χ2v) is 7.63. The van der Waals surface area contributed by atoms with Crippen molar-refractivity contribution in [2.45, 2.75) is 17.1 Å². The highest BCUT2D eigenvalue weighted by molar-refractivity contribution is 7.90. The van der Waals surface area contributed by atoms with Gasteiger partial charge in [0.15, 0.2) is 9.84 Å². The van der Waals surface area contributed by atoms with E-state index in [1.165, 1.54) is 18.2 Å². The fourth-order valence-corrected chi connectivity index (χ4v) is 3.84. The van der Waals surface area contributed by atoms with Gasteiger partial charge in [-0.3, -0.25) is 0 Å². The molecule has 4 rings (SSSR count). The largest absolute Gasteiger partial charge is 0.493 e. The minimum Gasteiger partial charge on any atom is -0.493 e. The van der Waals surface area contributed by atoms with E-state index in [0.717, 1.165) is 23.8 Å². The van der Waals surface area contributed by atoms with E-state index in [1.807, 2.05) is 12.1 Å². The second-order valence-electron chi connectivity index (χ2n) is 5.64. The van der Waals surface area contributed by atoms with Crippen LogP contribution in [-0.4, -0.2) is 25.2 Å². The second kappa shape index (κ2) is 5.96. The van der Waals surface area contributed by atoms with Crippen molar-refractivity contribution < 1.29 is 22.0 Å². The number of rotatable bonds is 4. The highest BCUT2D eigenvalue weighted by atomic mass is 32.2. The normalized spacial score (nSPS) is 13.5. The van der Waals surface area contributed by atoms with Crippen LogP contribution in [0.25, 0.3) is 11.5 Å². The van der Waals surface area contributed by atoms with Crippen molar-refractivity contribution in [2.75, 3.05) is 6.61 Å². The minimum atomic E-state index is -3.77. The number of hydrogen-bond acceptors (Lipinski definition) is 6. The van der Waals surface area contributed by atoms with Crippen LogP contribution in [0.15, 0.2) is 51.8 Å². The Kier molecular flexibility index (Phi) is 3.76. The maximum atomic E-state index is 13.2. The molecule has 0 aliphatic carbocycles. The number of benzene rings is 2. The van der Waals surface area contributed by atoms with Crippen LogP contribution in [-0.2, 0) is 22.0 Å². The van der Waals surface area contributed by atoms with Crippen LogP contribution >= 0.6 is 0 Å². The van der Waals surface area contributed by atoms with Gasteiger partial charge in [-0.05, 0) is 42.0 Å². The highest BCUT2D eigenvalue weighted by Crippen LogP contribution is 2.30. The lowest BCUT2D eigenvalue weighted by molar-refractivity contribution is 0.357. The van der Waals surface area contributed by atoms with Crippen molar-refractivity contribution in [3.05, 3.63) is 59.7 Å². The summed E-state index contributed by atoms with van der Waals surface area (Å²) in [4.78, 5) is -0.123. The van der Waals surface area contributed by atoms with Crippen LogP contribution in [0.5, 0.6) is 5.75 Å². The first-order chi connectivity index (χ1) is 12.0. The molecule has 0 saturated heterocycles. The van der Waals surface area contributed by atoms with Crippen LogP contribution in [0.3, 0.4) is 0 Å². The summed E-state index contributed by atoms with van der Waals surface area (Å²) in [5, 5.41) is 7.71. The van der Waals surface area contributed by atoms with Gasteiger partial charge in [0.2, 0.25) is 11.8 Å². The Hall–Kier alpha value is -2.74. The van der Waals surface area contributed by atoms with Crippen LogP contribution < -0.4 is 4.74 Å². The monoisotopic (exact) mass is 360 g/mol. The molecule has 2 heterocycles. The van der Waals surface area contributed by atoms with Crippen molar-refractivity contribution in [1.29, 1.82) is 0 Å². The number of ether oxygens (including phenoxy) is 1. The maximum absolute atomic E-state index is 13.2. The van der Waals surface area contributed by atoms with Gasteiger partial charge < -0.3 is 9.15 Å². The van der Waals surface area contributed by atoms with E-state index in [-0.39, 0.29) is 16.7 Å². The Morgan fingerprint density at radius 3 is 2.84 bits per heavy atom. The van der Waals surface area contributed by atoms with Gasteiger partial charge in [-0.1, -0.05) is 6.07 Å². The predicted molar refractivity (Wildman–Crippen MR) is 86.2 cm³/mol. The third kappa shape index (κ3) is 3.12. The standard InChI is InChI=1S/C17H13FN2O4S/c18-13-2-1-3-14(9-13)25(21,22)10-16-19-20-17(24-16)12-4-5-15-11(8-12)6-7-23-15/h1-5,8-9H,6-7,10H2. The molecule has 0 spiro atoms. The molecular weight excluding hydrogens is 347 g/mol. The topological polar surface area (TPSA) is 82.3 Å². The van der Waals surface area contributed by atoms with Gasteiger partial charge in [-0.2, -0.15) is 0 Å². The molecule has 2 aromatic carbocycles. The zero-order chi connectivity index (χ0) is 17.4. The molecule has 25 heavy (non-hydrogen) atoms. The van der Waals surface area contributed by atoms with Gasteiger partial charge in [0, 0.05) is 12.0 Å². The van der Waals surface area contributed by atoms with Crippen molar-refractivity contribution in [3.63, 3.8) is 0 Å². The molecule has 1 aliphatic heterocycles. The molecule has 6 nitrogen and oxygen atoms in total. The third-order valence-corrected chi connectivity index (χ3v) is 5.47. The van der Waals surface area contributed by atoms with Crippen LogP contribution in [0.1, 0.15) is 11.5 Å². The van der Waals surface area contributed by atoms with Crippen LogP contribution in [0.4, 0.5) is 4.39 Å². The first-order valence-electron chi connectivity index (χ1n) is 7.58. The summed E-state index contributed by atoms with van der Waals surface area (Å²) in [6.45, 7) is 0.639. The SMILES string of the molecule is O=S(=O)(Cc1nnc(-c2ccc3c(c2)CCO3)o1)c1cccc(F)c1. The Balaban J connectivity index is 1.59. The van der Waals surface area contributed by atoms with Crippen molar-refractivity contribution >= 4 is 9.84 Å². The molecule has 0 saturated carbocycles. The average molecular weight is 360 g/mol. The predicted octanol–water partition coefficient (Wildman–Crippen LogP) is 2.78. The summed E-state index contributed by atoms with van der Waals surface area (Å²) in [6, 6.07) is 10.3. The molecule has 0 fully saturated rings. The van der Waals surface area contributed by atoms with Crippen molar-refractivity contribution in [3.8, 4) is 17.2 Å². The van der Waals surface area contributed by atoms with Gasteiger partial charge in [-0.15, -0.1) is 10.2 Å². The number of halogens is 1. The molecule has 3 aromatic rings. The summed E-state index contributed by atoms with van der Waals surface area (Å²) < 4.78 is 48.9. The first kappa shape index (κ1) is 15.8. The molecule has 1 aliphatic rings. The van der Waals surface area contributed by atoms with Gasteiger partial charge in [0.25, 0.3) is 0 Å². The van der Waals surface area contributed by atoms with E-state index in [0.29, 0.717) is 12.2 Å². The lowest BCUT2D eigenvalue weighted by Gasteiger charge is -2.02. The number of hydrogen-bond donors (Lipinski definition) is 0. The van der Waals surface area contributed by atoms with E-state index in [9.17, 15) is 12.8 Å². The van der Waals surface area contributed by atoms with E-state index in [2.05, 4.69) is 10.2 Å². The Morgan fingerprint density at radius 1 is 1.12 bits per heavy atom. The maximum Gasteiger partial charge on any atom is 0.247 e. The van der Waals surface area contributed by atoms with Crippen molar-refractivity contribution in [1.82, 2.24) is 10.2 Å². The molecule has 8 heteroatoms. The summed E-state index contributed by atoms with van der Waals surface area (Å²) in [6.07, 6.45) is 0.804. The van der Waals surface area contributed by atoms with E-state index < -0.39 is 21.4 Å². The molecule has 128 valence electrons. The van der Waals surface area contributed by atoms with Gasteiger partial charge in [-0.25, -0.2) is 12.8 Å². The number of sulfone groups is 1. The molecule has 0 unspecified atom stereocenters. The molecule has 1 aromatic heterocycles. The molecular formula is C17H13FN2O4S. The summed E-state index contributed by atoms with van der Waals surface area (Å²) in [5.74, 6) is -0.0858. The zero-order valence-corrected chi connectivity index (χ0v) is 13.8. The molecule has 0 N–H and O–H groups in total. The average Bonchev–Trinajstić information content (AvgIpc) is 3.22. The zero-order valence-electron chi connectivity index (χ0n) is 13.0. The van der Waals surface area contributed by atoms with E-state index in [4.69, 9.17) is 9.15 Å². The number of aromatic nitrogens is 2. The summed E-state index contributed by atoms with van der Waals surface area (Å²) in [5.41, 5.74) is 1.75. The van der Waals surface area contributed by atoms with Gasteiger partial charge in [0.1, 0.15) is 17.3 Å². The fourth-order valence-electron chi connectivity index (χ4n) is 2.65. The Morgan fingerprint density at radius 2 is 2.00 bits per heavy atom. The van der Waals surface area contributed by atoms with Crippen LogP contribution in [0.2, 0.25) is 0 Å². The van der Waals surface area contributed by atoms with Gasteiger partial charge >= 0.3 is 0 Å². The third-order valence-electron chi connectivity index (χ3n) is 3.87. The minimum absolute atomic E-state index is 0.0454. The van der Waals surface area contributed by atoms with Crippen LogP contribution in [0, 0.1) is 5.82 Å². The smallest absolute Gasteiger partial charge is 0.247 e. The van der Waals surface area contributed by atoms with E-state index >= 15 is 0 Å². The molecule has 0 atom stereocenters. The van der Waals surface area contributed by atoms with E-state index in [1.54, 1.807) is 6.07 Å². The number of fused-ring (bicyclic) bond motifs is 1. The molecule has 0 amide bonds. The highest BCUT2D eigenvalue weighted by Gasteiger charge is 2.21.